The lowest BCUT2D eigenvalue weighted by Crippen LogP contribution is -1.98. The van der Waals surface area contributed by atoms with Gasteiger partial charge in [-0.15, -0.1) is 6.58 Å². The van der Waals surface area contributed by atoms with E-state index >= 15 is 0 Å². The Balaban J connectivity index is 2.23. The summed E-state index contributed by atoms with van der Waals surface area (Å²) in [7, 11) is 0. The second-order valence-corrected chi connectivity index (χ2v) is 3.59. The first-order chi connectivity index (χ1) is 7.72. The molecule has 1 rings (SSSR count). The van der Waals surface area contributed by atoms with E-state index in [1.807, 2.05) is 6.08 Å². The van der Waals surface area contributed by atoms with Crippen molar-refractivity contribution in [2.45, 2.75) is 25.7 Å². The third-order valence-corrected chi connectivity index (χ3v) is 2.16. The highest BCUT2D eigenvalue weighted by Gasteiger charge is 2.00. The Hall–Kier alpha value is -1.38. The van der Waals surface area contributed by atoms with Gasteiger partial charge in [-0.3, -0.25) is 0 Å². The number of rotatable bonds is 7. The molecular formula is C13H16F2O. The van der Waals surface area contributed by atoms with Gasteiger partial charge in [0, 0.05) is 18.2 Å². The number of ether oxygens (including phenoxy) is 1. The van der Waals surface area contributed by atoms with Crippen molar-refractivity contribution in [3.63, 3.8) is 0 Å². The fraction of sp³-hybridized carbons (Fsp3) is 0.385. The van der Waals surface area contributed by atoms with Crippen LogP contribution >= 0.6 is 0 Å². The molecule has 0 N–H and O–H groups in total. The Bertz CT molecular complexity index is 316. The van der Waals surface area contributed by atoms with E-state index in [0.29, 0.717) is 6.61 Å². The average Bonchev–Trinajstić information content (AvgIpc) is 2.22. The third kappa shape index (κ3) is 4.91. The highest BCUT2D eigenvalue weighted by Crippen LogP contribution is 2.15. The SMILES string of the molecule is C=CCCCCCOc1cc(F)cc(F)c1. The van der Waals surface area contributed by atoms with E-state index in [2.05, 4.69) is 6.58 Å². The van der Waals surface area contributed by atoms with Crippen molar-refractivity contribution in [3.05, 3.63) is 42.5 Å². The monoisotopic (exact) mass is 226 g/mol. The molecule has 0 unspecified atom stereocenters. The van der Waals surface area contributed by atoms with Crippen molar-refractivity contribution in [2.24, 2.45) is 0 Å². The van der Waals surface area contributed by atoms with Crippen LogP contribution < -0.4 is 4.74 Å². The molecule has 88 valence electrons. The van der Waals surface area contributed by atoms with Gasteiger partial charge in [-0.25, -0.2) is 8.78 Å². The van der Waals surface area contributed by atoms with Gasteiger partial charge in [0.05, 0.1) is 6.61 Å². The molecule has 0 aliphatic heterocycles. The molecule has 0 aromatic heterocycles. The van der Waals surface area contributed by atoms with E-state index in [1.165, 1.54) is 12.1 Å². The van der Waals surface area contributed by atoms with Gasteiger partial charge in [0.1, 0.15) is 17.4 Å². The summed E-state index contributed by atoms with van der Waals surface area (Å²) in [5, 5.41) is 0. The molecule has 0 spiro atoms. The van der Waals surface area contributed by atoms with E-state index in [1.54, 1.807) is 0 Å². The summed E-state index contributed by atoms with van der Waals surface area (Å²) < 4.78 is 30.8. The molecule has 16 heavy (non-hydrogen) atoms. The van der Waals surface area contributed by atoms with Crippen LogP contribution in [0.2, 0.25) is 0 Å². The maximum atomic E-state index is 12.8. The van der Waals surface area contributed by atoms with E-state index in [-0.39, 0.29) is 5.75 Å². The fourth-order valence-electron chi connectivity index (χ4n) is 1.37. The Morgan fingerprint density at radius 2 is 1.75 bits per heavy atom. The van der Waals surface area contributed by atoms with Gasteiger partial charge in [-0.05, 0) is 25.7 Å². The van der Waals surface area contributed by atoms with E-state index < -0.39 is 11.6 Å². The molecule has 0 radical (unpaired) electrons. The molecule has 0 aliphatic carbocycles. The zero-order valence-corrected chi connectivity index (χ0v) is 9.22. The molecule has 0 saturated heterocycles. The first-order valence-electron chi connectivity index (χ1n) is 5.42. The van der Waals surface area contributed by atoms with E-state index in [4.69, 9.17) is 4.74 Å². The van der Waals surface area contributed by atoms with Crippen molar-refractivity contribution < 1.29 is 13.5 Å². The lowest BCUT2D eigenvalue weighted by atomic mass is 10.2. The summed E-state index contributed by atoms with van der Waals surface area (Å²) in [5.41, 5.74) is 0. The fourth-order valence-corrected chi connectivity index (χ4v) is 1.37. The summed E-state index contributed by atoms with van der Waals surface area (Å²) >= 11 is 0. The summed E-state index contributed by atoms with van der Waals surface area (Å²) in [5.74, 6) is -0.968. The van der Waals surface area contributed by atoms with Crippen LogP contribution in [0.25, 0.3) is 0 Å². The summed E-state index contributed by atoms with van der Waals surface area (Å²) in [6, 6.07) is 3.20. The third-order valence-electron chi connectivity index (χ3n) is 2.16. The van der Waals surface area contributed by atoms with Crippen molar-refractivity contribution in [3.8, 4) is 5.75 Å². The summed E-state index contributed by atoms with van der Waals surface area (Å²) in [4.78, 5) is 0. The van der Waals surface area contributed by atoms with Crippen LogP contribution in [-0.2, 0) is 0 Å². The molecule has 0 heterocycles. The standard InChI is InChI=1S/C13H16F2O/c1-2-3-4-5-6-7-16-13-9-11(14)8-12(15)10-13/h2,8-10H,1,3-7H2. The van der Waals surface area contributed by atoms with Gasteiger partial charge in [-0.1, -0.05) is 6.08 Å². The minimum absolute atomic E-state index is 0.251. The molecule has 1 aromatic carbocycles. The molecule has 0 atom stereocenters. The van der Waals surface area contributed by atoms with Gasteiger partial charge in [-0.2, -0.15) is 0 Å². The summed E-state index contributed by atoms with van der Waals surface area (Å²) in [6.07, 6.45) is 5.86. The molecule has 0 fully saturated rings. The van der Waals surface area contributed by atoms with Gasteiger partial charge >= 0.3 is 0 Å². The molecule has 3 heteroatoms. The summed E-state index contributed by atoms with van der Waals surface area (Å²) in [6.45, 7) is 4.12. The molecule has 1 aromatic rings. The predicted octanol–water partition coefficient (Wildman–Crippen LogP) is 4.09. The first-order valence-corrected chi connectivity index (χ1v) is 5.42. The number of benzene rings is 1. The van der Waals surface area contributed by atoms with Crippen LogP contribution in [0.5, 0.6) is 5.75 Å². The second kappa shape index (κ2) is 6.99. The zero-order chi connectivity index (χ0) is 11.8. The van der Waals surface area contributed by atoms with E-state index in [9.17, 15) is 8.78 Å². The smallest absolute Gasteiger partial charge is 0.129 e. The minimum atomic E-state index is -0.610. The number of halogens is 2. The molecule has 1 nitrogen and oxygen atoms in total. The number of hydrogen-bond acceptors (Lipinski definition) is 1. The maximum Gasteiger partial charge on any atom is 0.129 e. The predicted molar refractivity (Wildman–Crippen MR) is 60.5 cm³/mol. The van der Waals surface area contributed by atoms with Crippen molar-refractivity contribution in [1.82, 2.24) is 0 Å². The zero-order valence-electron chi connectivity index (χ0n) is 9.22. The minimum Gasteiger partial charge on any atom is -0.493 e. The molecular weight excluding hydrogens is 210 g/mol. The highest BCUT2D eigenvalue weighted by atomic mass is 19.1. The largest absolute Gasteiger partial charge is 0.493 e. The van der Waals surface area contributed by atoms with Crippen LogP contribution in [0.3, 0.4) is 0 Å². The van der Waals surface area contributed by atoms with Crippen molar-refractivity contribution >= 4 is 0 Å². The van der Waals surface area contributed by atoms with Gasteiger partial charge < -0.3 is 4.74 Å². The second-order valence-electron chi connectivity index (χ2n) is 3.59. The lowest BCUT2D eigenvalue weighted by Gasteiger charge is -2.05. The van der Waals surface area contributed by atoms with E-state index in [0.717, 1.165) is 31.7 Å². The average molecular weight is 226 g/mol. The van der Waals surface area contributed by atoms with Crippen LogP contribution in [0.15, 0.2) is 30.9 Å². The topological polar surface area (TPSA) is 9.23 Å². The molecule has 0 saturated carbocycles. The number of hydrogen-bond donors (Lipinski definition) is 0. The van der Waals surface area contributed by atoms with Gasteiger partial charge in [0.2, 0.25) is 0 Å². The quantitative estimate of drug-likeness (QED) is 0.502. The van der Waals surface area contributed by atoms with Crippen molar-refractivity contribution in [2.75, 3.05) is 6.61 Å². The highest BCUT2D eigenvalue weighted by molar-refractivity contribution is 5.23. The Labute approximate surface area is 94.7 Å². The Kier molecular flexibility index (Phi) is 5.54. The normalized spacial score (nSPS) is 10.1. The lowest BCUT2D eigenvalue weighted by molar-refractivity contribution is 0.302. The van der Waals surface area contributed by atoms with Gasteiger partial charge in [0.25, 0.3) is 0 Å². The molecule has 0 bridgehead atoms. The van der Waals surface area contributed by atoms with Crippen LogP contribution in [0, 0.1) is 11.6 Å². The van der Waals surface area contributed by atoms with Crippen LogP contribution in [0.4, 0.5) is 8.78 Å². The number of unbranched alkanes of at least 4 members (excludes halogenated alkanes) is 3. The molecule has 0 aliphatic rings. The van der Waals surface area contributed by atoms with Crippen LogP contribution in [-0.4, -0.2) is 6.61 Å². The first kappa shape index (κ1) is 12.7. The van der Waals surface area contributed by atoms with Gasteiger partial charge in [0.15, 0.2) is 0 Å². The maximum absolute atomic E-state index is 12.8. The Morgan fingerprint density at radius 1 is 1.06 bits per heavy atom. The molecule has 0 amide bonds. The number of allylic oxidation sites excluding steroid dienone is 1. The van der Waals surface area contributed by atoms with Crippen molar-refractivity contribution in [1.29, 1.82) is 0 Å². The Morgan fingerprint density at radius 3 is 2.38 bits per heavy atom. The van der Waals surface area contributed by atoms with Crippen LogP contribution in [0.1, 0.15) is 25.7 Å².